The Morgan fingerprint density at radius 3 is 2.83 bits per heavy atom. The number of nitrogens with zero attached hydrogens (tertiary/aromatic N) is 1. The molecule has 1 saturated heterocycles. The van der Waals surface area contributed by atoms with Crippen LogP contribution in [0.3, 0.4) is 0 Å². The second-order valence-electron chi connectivity index (χ2n) is 4.14. The summed E-state index contributed by atoms with van der Waals surface area (Å²) in [5, 5.41) is 18.8. The van der Waals surface area contributed by atoms with Crippen molar-refractivity contribution in [2.24, 2.45) is 5.73 Å². The molecule has 0 aromatic carbocycles. The zero-order valence-corrected chi connectivity index (χ0v) is 9.57. The molecule has 8 heteroatoms. The second kappa shape index (κ2) is 5.02. The van der Waals surface area contributed by atoms with Gasteiger partial charge in [0.05, 0.1) is 12.7 Å². The van der Waals surface area contributed by atoms with E-state index in [4.69, 9.17) is 15.6 Å². The summed E-state index contributed by atoms with van der Waals surface area (Å²) in [5.74, 6) is 0. The molecule has 5 N–H and O–H groups in total. The van der Waals surface area contributed by atoms with E-state index < -0.39 is 29.7 Å². The molecule has 0 amide bonds. The number of hydrogen-bond acceptors (Lipinski definition) is 6. The van der Waals surface area contributed by atoms with Crippen LogP contribution in [0.15, 0.2) is 15.7 Å². The van der Waals surface area contributed by atoms with Crippen LogP contribution >= 0.6 is 0 Å². The van der Waals surface area contributed by atoms with E-state index in [2.05, 4.69) is 4.98 Å². The third-order valence-electron chi connectivity index (χ3n) is 2.89. The summed E-state index contributed by atoms with van der Waals surface area (Å²) in [6.45, 7) is -0.279. The van der Waals surface area contributed by atoms with E-state index in [1.807, 2.05) is 0 Å². The van der Waals surface area contributed by atoms with Crippen LogP contribution in [0.2, 0.25) is 0 Å². The largest absolute Gasteiger partial charge is 0.394 e. The molecule has 0 bridgehead atoms. The van der Waals surface area contributed by atoms with E-state index in [-0.39, 0.29) is 25.3 Å². The van der Waals surface area contributed by atoms with Crippen LogP contribution in [0, 0.1) is 0 Å². The Balaban J connectivity index is 2.45. The van der Waals surface area contributed by atoms with E-state index in [1.54, 1.807) is 0 Å². The molecule has 1 aliphatic heterocycles. The normalized spacial score (nSPS) is 27.6. The number of rotatable bonds is 3. The first kappa shape index (κ1) is 13.0. The fourth-order valence-corrected chi connectivity index (χ4v) is 2.07. The van der Waals surface area contributed by atoms with Gasteiger partial charge in [0.2, 0.25) is 0 Å². The lowest BCUT2D eigenvalue weighted by molar-refractivity contribution is -0.0544. The molecule has 1 fully saturated rings. The number of aromatic nitrogens is 2. The highest BCUT2D eigenvalue weighted by atomic mass is 16.5. The monoisotopic (exact) mass is 257 g/mol. The molecule has 1 aromatic heterocycles. The number of aromatic amines is 1. The quantitative estimate of drug-likeness (QED) is 0.479. The van der Waals surface area contributed by atoms with Gasteiger partial charge in [-0.15, -0.1) is 0 Å². The van der Waals surface area contributed by atoms with E-state index in [0.717, 1.165) is 4.57 Å². The summed E-state index contributed by atoms with van der Waals surface area (Å²) in [4.78, 5) is 25.0. The standard InChI is InChI=1S/C10H15N3O5/c11-3-5-1-8(16)12-10(17)13(5)9-7(15)2-6(4-14)18-9/h1,6-7,9,14-15H,2-4,11H2,(H,12,16,17)/t6-,7?,9+/m1/s1. The number of aliphatic hydroxyl groups excluding tert-OH is 2. The summed E-state index contributed by atoms with van der Waals surface area (Å²) in [5.41, 5.74) is 4.50. The minimum atomic E-state index is -0.940. The highest BCUT2D eigenvalue weighted by Gasteiger charge is 2.36. The molecule has 1 unspecified atom stereocenters. The van der Waals surface area contributed by atoms with Crippen LogP contribution in [0.25, 0.3) is 0 Å². The summed E-state index contributed by atoms with van der Waals surface area (Å²) in [6.07, 6.45) is -2.19. The molecule has 8 nitrogen and oxygen atoms in total. The van der Waals surface area contributed by atoms with Crippen LogP contribution in [-0.4, -0.2) is 38.6 Å². The van der Waals surface area contributed by atoms with Crippen molar-refractivity contribution in [3.05, 3.63) is 32.6 Å². The topological polar surface area (TPSA) is 131 Å². The van der Waals surface area contributed by atoms with Gasteiger partial charge in [0.1, 0.15) is 6.10 Å². The summed E-state index contributed by atoms with van der Waals surface area (Å²) >= 11 is 0. The first-order valence-corrected chi connectivity index (χ1v) is 5.56. The molecule has 2 rings (SSSR count). The number of nitrogens with two attached hydrogens (primary N) is 1. The van der Waals surface area contributed by atoms with E-state index in [0.29, 0.717) is 0 Å². The first-order chi connectivity index (χ1) is 8.56. The van der Waals surface area contributed by atoms with Gasteiger partial charge in [-0.3, -0.25) is 14.3 Å². The van der Waals surface area contributed by atoms with Gasteiger partial charge in [0, 0.05) is 24.7 Å². The summed E-state index contributed by atoms with van der Waals surface area (Å²) < 4.78 is 6.47. The molecule has 0 aliphatic carbocycles. The molecule has 0 spiro atoms. The lowest BCUT2D eigenvalue weighted by Gasteiger charge is -2.20. The van der Waals surface area contributed by atoms with Crippen LogP contribution < -0.4 is 17.0 Å². The average molecular weight is 257 g/mol. The van der Waals surface area contributed by atoms with Gasteiger partial charge in [-0.05, 0) is 0 Å². The Bertz CT molecular complexity index is 537. The summed E-state index contributed by atoms with van der Waals surface area (Å²) in [7, 11) is 0. The Morgan fingerprint density at radius 2 is 2.28 bits per heavy atom. The van der Waals surface area contributed by atoms with Gasteiger partial charge in [0.15, 0.2) is 6.23 Å². The van der Waals surface area contributed by atoms with E-state index in [9.17, 15) is 14.7 Å². The molecule has 18 heavy (non-hydrogen) atoms. The van der Waals surface area contributed by atoms with E-state index in [1.165, 1.54) is 6.07 Å². The van der Waals surface area contributed by atoms with Crippen LogP contribution in [0.5, 0.6) is 0 Å². The highest BCUT2D eigenvalue weighted by molar-refractivity contribution is 5.03. The number of nitrogens with one attached hydrogen (secondary N) is 1. The van der Waals surface area contributed by atoms with Crippen LogP contribution in [-0.2, 0) is 11.3 Å². The van der Waals surface area contributed by atoms with Gasteiger partial charge in [-0.25, -0.2) is 4.79 Å². The van der Waals surface area contributed by atoms with Gasteiger partial charge < -0.3 is 20.7 Å². The van der Waals surface area contributed by atoms with Crippen molar-refractivity contribution in [1.29, 1.82) is 0 Å². The van der Waals surface area contributed by atoms with Crippen molar-refractivity contribution in [3.8, 4) is 0 Å². The number of aliphatic hydroxyl groups is 2. The number of H-pyrrole nitrogens is 1. The minimum Gasteiger partial charge on any atom is -0.394 e. The Labute approximate surface area is 102 Å². The average Bonchev–Trinajstić information content (AvgIpc) is 2.69. The molecule has 1 aromatic rings. The highest BCUT2D eigenvalue weighted by Crippen LogP contribution is 2.28. The minimum absolute atomic E-state index is 0.0322. The zero-order chi connectivity index (χ0) is 13.3. The lowest BCUT2D eigenvalue weighted by atomic mass is 10.2. The Hall–Kier alpha value is -1.48. The Morgan fingerprint density at radius 1 is 1.56 bits per heavy atom. The van der Waals surface area contributed by atoms with E-state index >= 15 is 0 Å². The Kier molecular flexibility index (Phi) is 3.62. The van der Waals surface area contributed by atoms with Crippen molar-refractivity contribution in [2.75, 3.05) is 6.61 Å². The first-order valence-electron chi connectivity index (χ1n) is 5.56. The summed E-state index contributed by atoms with van der Waals surface area (Å²) in [6, 6.07) is 1.18. The SMILES string of the molecule is NCc1cc(=O)[nH]c(=O)n1[C@H]1O[C@@H](CO)CC1O. The van der Waals surface area contributed by atoms with Crippen molar-refractivity contribution in [3.63, 3.8) is 0 Å². The zero-order valence-electron chi connectivity index (χ0n) is 9.57. The number of hydrogen-bond donors (Lipinski definition) is 4. The maximum absolute atomic E-state index is 11.7. The second-order valence-corrected chi connectivity index (χ2v) is 4.14. The molecular formula is C10H15N3O5. The van der Waals surface area contributed by atoms with Crippen molar-refractivity contribution in [2.45, 2.75) is 31.4 Å². The maximum Gasteiger partial charge on any atom is 0.330 e. The third kappa shape index (κ3) is 2.23. The van der Waals surface area contributed by atoms with Crippen molar-refractivity contribution in [1.82, 2.24) is 9.55 Å². The fraction of sp³-hybridized carbons (Fsp3) is 0.600. The van der Waals surface area contributed by atoms with Gasteiger partial charge in [0.25, 0.3) is 5.56 Å². The lowest BCUT2D eigenvalue weighted by Crippen LogP contribution is -2.38. The van der Waals surface area contributed by atoms with Gasteiger partial charge in [-0.2, -0.15) is 0 Å². The number of ether oxygens (including phenoxy) is 1. The maximum atomic E-state index is 11.7. The molecule has 1 aliphatic rings. The predicted molar refractivity (Wildman–Crippen MR) is 60.8 cm³/mol. The van der Waals surface area contributed by atoms with Crippen molar-refractivity contribution < 1.29 is 14.9 Å². The fourth-order valence-electron chi connectivity index (χ4n) is 2.07. The van der Waals surface area contributed by atoms with Gasteiger partial charge >= 0.3 is 5.69 Å². The van der Waals surface area contributed by atoms with Crippen LogP contribution in [0.4, 0.5) is 0 Å². The molecule has 0 saturated carbocycles. The molecular weight excluding hydrogens is 242 g/mol. The molecule has 0 radical (unpaired) electrons. The predicted octanol–water partition coefficient (Wildman–Crippen LogP) is -2.36. The molecule has 2 heterocycles. The smallest absolute Gasteiger partial charge is 0.330 e. The molecule has 3 atom stereocenters. The van der Waals surface area contributed by atoms with Crippen LogP contribution in [0.1, 0.15) is 18.3 Å². The third-order valence-corrected chi connectivity index (χ3v) is 2.89. The van der Waals surface area contributed by atoms with Crippen molar-refractivity contribution >= 4 is 0 Å². The molecule has 100 valence electrons. The van der Waals surface area contributed by atoms with Gasteiger partial charge in [-0.1, -0.05) is 0 Å².